The molecule has 0 atom stereocenters. The first-order chi connectivity index (χ1) is 26.3. The lowest BCUT2D eigenvalue weighted by Crippen LogP contribution is -2.17. The van der Waals surface area contributed by atoms with Gasteiger partial charge in [-0.3, -0.25) is 0 Å². The Bertz CT molecular complexity index is 2960. The van der Waals surface area contributed by atoms with Crippen LogP contribution in [0.25, 0.3) is 60.5 Å². The smallest absolute Gasteiger partial charge is 0.0543 e. The van der Waals surface area contributed by atoms with Gasteiger partial charge in [-0.1, -0.05) is 143 Å². The number of nitrogens with zero attached hydrogens (tertiary/aromatic N) is 2. The molecule has 0 aliphatic heterocycles. The normalized spacial score (nSPS) is 14.6. The molecule has 0 radical (unpaired) electrons. The van der Waals surface area contributed by atoms with Gasteiger partial charge in [0.1, 0.15) is 0 Å². The van der Waals surface area contributed by atoms with E-state index in [0.717, 1.165) is 5.69 Å². The van der Waals surface area contributed by atoms with Crippen LogP contribution in [0.5, 0.6) is 0 Å². The van der Waals surface area contributed by atoms with Crippen LogP contribution in [0.3, 0.4) is 0 Å². The van der Waals surface area contributed by atoms with Crippen molar-refractivity contribution in [2.75, 3.05) is 4.90 Å². The summed E-state index contributed by atoms with van der Waals surface area (Å²) in [6, 6.07) is 63.3. The summed E-state index contributed by atoms with van der Waals surface area (Å²) < 4.78 is 2.40. The molecule has 1 aromatic heterocycles. The molecule has 2 heteroatoms. The van der Waals surface area contributed by atoms with E-state index in [0.29, 0.717) is 0 Å². The molecule has 2 nitrogen and oxygen atoms in total. The molecule has 2 aliphatic rings. The topological polar surface area (TPSA) is 8.17 Å². The highest BCUT2D eigenvalue weighted by atomic mass is 15.1. The van der Waals surface area contributed by atoms with Crippen LogP contribution in [0.15, 0.2) is 170 Å². The van der Waals surface area contributed by atoms with Gasteiger partial charge < -0.3 is 9.47 Å². The average molecular weight is 693 g/mol. The van der Waals surface area contributed by atoms with Gasteiger partial charge in [-0.25, -0.2) is 0 Å². The Hall–Kier alpha value is -6.38. The molecular weight excluding hydrogens is 653 g/mol. The van der Waals surface area contributed by atoms with Gasteiger partial charge in [0.15, 0.2) is 0 Å². The van der Waals surface area contributed by atoms with E-state index in [1.165, 1.54) is 94.1 Å². The van der Waals surface area contributed by atoms with Crippen LogP contribution < -0.4 is 4.90 Å². The minimum Gasteiger partial charge on any atom is -0.310 e. The molecule has 0 unspecified atom stereocenters. The molecular formula is C52H40N2. The van der Waals surface area contributed by atoms with E-state index >= 15 is 0 Å². The Morgan fingerprint density at radius 3 is 1.70 bits per heavy atom. The SMILES string of the molecule is CC1(C)c2ccccc2-c2ccc(N(c3ccc4cc(-n5c6ccccc6c6ccccc65)ccc4c3)c3cccc4c3-c3ccccc3C4(C)C)cc21. The third-order valence-electron chi connectivity index (χ3n) is 12.6. The van der Waals surface area contributed by atoms with E-state index in [2.05, 4.69) is 207 Å². The zero-order valence-corrected chi connectivity index (χ0v) is 31.1. The largest absolute Gasteiger partial charge is 0.310 e. The molecule has 8 aromatic carbocycles. The zero-order chi connectivity index (χ0) is 36.3. The van der Waals surface area contributed by atoms with Crippen LogP contribution in [0.1, 0.15) is 49.9 Å². The van der Waals surface area contributed by atoms with Crippen molar-refractivity contribution in [3.8, 4) is 27.9 Å². The van der Waals surface area contributed by atoms with Crippen molar-refractivity contribution in [1.29, 1.82) is 0 Å². The number of para-hydroxylation sites is 2. The van der Waals surface area contributed by atoms with Crippen LogP contribution >= 0.6 is 0 Å². The van der Waals surface area contributed by atoms with Crippen LogP contribution in [-0.2, 0) is 10.8 Å². The van der Waals surface area contributed by atoms with Crippen molar-refractivity contribution in [2.24, 2.45) is 0 Å². The van der Waals surface area contributed by atoms with Gasteiger partial charge in [0.05, 0.1) is 16.7 Å². The number of fused-ring (bicyclic) bond motifs is 10. The number of anilines is 3. The molecule has 0 saturated heterocycles. The lowest BCUT2D eigenvalue weighted by molar-refractivity contribution is 0.660. The molecule has 1 heterocycles. The molecule has 0 saturated carbocycles. The molecule has 54 heavy (non-hydrogen) atoms. The maximum absolute atomic E-state index is 2.51. The van der Waals surface area contributed by atoms with Crippen LogP contribution in [-0.4, -0.2) is 4.57 Å². The highest BCUT2D eigenvalue weighted by Gasteiger charge is 2.39. The Kier molecular flexibility index (Phi) is 6.39. The van der Waals surface area contributed by atoms with E-state index in [4.69, 9.17) is 0 Å². The molecule has 0 bridgehead atoms. The summed E-state index contributed by atoms with van der Waals surface area (Å²) >= 11 is 0. The molecule has 11 rings (SSSR count). The van der Waals surface area contributed by atoms with Crippen LogP contribution in [0, 0.1) is 0 Å². The summed E-state index contributed by atoms with van der Waals surface area (Å²) in [7, 11) is 0. The van der Waals surface area contributed by atoms with E-state index in [1.54, 1.807) is 0 Å². The summed E-state index contributed by atoms with van der Waals surface area (Å²) in [6.07, 6.45) is 0. The van der Waals surface area contributed by atoms with Crippen molar-refractivity contribution in [2.45, 2.75) is 38.5 Å². The van der Waals surface area contributed by atoms with Crippen LogP contribution in [0.4, 0.5) is 17.1 Å². The number of aromatic nitrogens is 1. The summed E-state index contributed by atoms with van der Waals surface area (Å²) in [5, 5.41) is 4.98. The standard InChI is InChI=1S/C52H40N2/c1-51(2)44-19-10-6-17-42(44)50-45(51)20-13-23-49(50)53(37-28-29-39-38-14-5-9-18-43(38)52(3,4)46(39)32-37)35-26-24-34-31-36(27-25-33(34)30-35)54-47-21-11-7-15-40(47)41-16-8-12-22-48(41)54/h5-32H,1-4H3. The Morgan fingerprint density at radius 2 is 0.944 bits per heavy atom. The molecule has 0 amide bonds. The molecule has 258 valence electrons. The Labute approximate surface area is 316 Å². The molecule has 9 aromatic rings. The van der Waals surface area contributed by atoms with Crippen molar-refractivity contribution >= 4 is 49.6 Å². The van der Waals surface area contributed by atoms with E-state index in [-0.39, 0.29) is 10.8 Å². The monoisotopic (exact) mass is 692 g/mol. The fraction of sp³-hybridized carbons (Fsp3) is 0.115. The van der Waals surface area contributed by atoms with Crippen LogP contribution in [0.2, 0.25) is 0 Å². The van der Waals surface area contributed by atoms with Crippen molar-refractivity contribution in [1.82, 2.24) is 4.57 Å². The maximum Gasteiger partial charge on any atom is 0.0543 e. The second kappa shape index (κ2) is 11.1. The average Bonchev–Trinajstić information content (AvgIpc) is 3.75. The first kappa shape index (κ1) is 31.2. The minimum absolute atomic E-state index is 0.0955. The minimum atomic E-state index is -0.104. The number of benzene rings is 8. The van der Waals surface area contributed by atoms with Gasteiger partial charge in [0.2, 0.25) is 0 Å². The van der Waals surface area contributed by atoms with Gasteiger partial charge in [-0.05, 0) is 104 Å². The fourth-order valence-corrected chi connectivity index (χ4v) is 9.88. The molecule has 0 N–H and O–H groups in total. The fourth-order valence-electron chi connectivity index (χ4n) is 9.88. The first-order valence-electron chi connectivity index (χ1n) is 19.1. The molecule has 0 spiro atoms. The second-order valence-corrected chi connectivity index (χ2v) is 16.2. The second-order valence-electron chi connectivity index (χ2n) is 16.2. The molecule has 2 aliphatic carbocycles. The van der Waals surface area contributed by atoms with Gasteiger partial charge in [-0.2, -0.15) is 0 Å². The lowest BCUT2D eigenvalue weighted by Gasteiger charge is -2.30. The van der Waals surface area contributed by atoms with E-state index in [1.807, 2.05) is 0 Å². The van der Waals surface area contributed by atoms with E-state index < -0.39 is 0 Å². The van der Waals surface area contributed by atoms with Gasteiger partial charge in [0, 0.05) is 44.2 Å². The lowest BCUT2D eigenvalue weighted by atomic mass is 9.82. The summed E-state index contributed by atoms with van der Waals surface area (Å²) in [4.78, 5) is 2.51. The number of hydrogen-bond acceptors (Lipinski definition) is 1. The van der Waals surface area contributed by atoms with Gasteiger partial charge in [-0.15, -0.1) is 0 Å². The predicted molar refractivity (Wildman–Crippen MR) is 228 cm³/mol. The number of hydrogen-bond donors (Lipinski definition) is 0. The molecule has 0 fully saturated rings. The van der Waals surface area contributed by atoms with Crippen molar-refractivity contribution in [3.63, 3.8) is 0 Å². The third kappa shape index (κ3) is 4.23. The predicted octanol–water partition coefficient (Wildman–Crippen LogP) is 14.0. The third-order valence-corrected chi connectivity index (χ3v) is 12.6. The Morgan fingerprint density at radius 1 is 0.407 bits per heavy atom. The van der Waals surface area contributed by atoms with Crippen molar-refractivity contribution < 1.29 is 0 Å². The quantitative estimate of drug-likeness (QED) is 0.178. The summed E-state index contributed by atoms with van der Waals surface area (Å²) in [5.74, 6) is 0. The summed E-state index contributed by atoms with van der Waals surface area (Å²) in [6.45, 7) is 9.47. The highest BCUT2D eigenvalue weighted by Crippen LogP contribution is 2.55. The summed E-state index contributed by atoms with van der Waals surface area (Å²) in [5.41, 5.74) is 17.8. The highest BCUT2D eigenvalue weighted by molar-refractivity contribution is 6.09. The first-order valence-corrected chi connectivity index (χ1v) is 19.1. The van der Waals surface area contributed by atoms with Crippen molar-refractivity contribution in [3.05, 3.63) is 192 Å². The zero-order valence-electron chi connectivity index (χ0n) is 31.1. The van der Waals surface area contributed by atoms with E-state index in [9.17, 15) is 0 Å². The van der Waals surface area contributed by atoms with Gasteiger partial charge >= 0.3 is 0 Å². The Balaban J connectivity index is 1.12. The van der Waals surface area contributed by atoms with Gasteiger partial charge in [0.25, 0.3) is 0 Å². The maximum atomic E-state index is 2.51. The number of rotatable bonds is 4.